The molecule has 0 spiro atoms. The van der Waals surface area contributed by atoms with Crippen LogP contribution in [0.3, 0.4) is 0 Å². The van der Waals surface area contributed by atoms with Crippen molar-refractivity contribution in [2.75, 3.05) is 5.32 Å². The van der Waals surface area contributed by atoms with Gasteiger partial charge in [-0.1, -0.05) is 119 Å². The van der Waals surface area contributed by atoms with Gasteiger partial charge >= 0.3 is 0 Å². The second kappa shape index (κ2) is 7.56. The van der Waals surface area contributed by atoms with Crippen molar-refractivity contribution in [3.8, 4) is 44.5 Å². The van der Waals surface area contributed by atoms with Gasteiger partial charge in [-0.05, 0) is 84.6 Å². The summed E-state index contributed by atoms with van der Waals surface area (Å²) in [5.41, 5.74) is 18.8. The number of nitrogens with one attached hydrogen (secondary N) is 1. The Kier molecular flexibility index (Phi) is 4.26. The van der Waals surface area contributed by atoms with Crippen LogP contribution in [0.1, 0.15) is 49.9 Å². The van der Waals surface area contributed by atoms with Gasteiger partial charge in [0.25, 0.3) is 0 Å². The molecule has 0 fully saturated rings. The molecule has 41 heavy (non-hydrogen) atoms. The van der Waals surface area contributed by atoms with Crippen molar-refractivity contribution >= 4 is 22.1 Å². The first kappa shape index (κ1) is 23.1. The number of hydrogen-bond acceptors (Lipinski definition) is 1. The first-order valence-corrected chi connectivity index (χ1v) is 14.7. The van der Waals surface area contributed by atoms with E-state index in [1.165, 1.54) is 83.2 Å². The van der Waals surface area contributed by atoms with E-state index in [2.05, 4.69) is 142 Å². The van der Waals surface area contributed by atoms with E-state index >= 15 is 0 Å². The zero-order valence-electron chi connectivity index (χ0n) is 23.9. The second-order valence-corrected chi connectivity index (χ2v) is 13.0. The Morgan fingerprint density at radius 2 is 1.10 bits per heavy atom. The van der Waals surface area contributed by atoms with Crippen LogP contribution in [0.5, 0.6) is 0 Å². The Morgan fingerprint density at radius 1 is 0.463 bits per heavy atom. The lowest BCUT2D eigenvalue weighted by Gasteiger charge is -2.26. The predicted octanol–water partition coefficient (Wildman–Crippen LogP) is 10.8. The third-order valence-electron chi connectivity index (χ3n) is 10.2. The van der Waals surface area contributed by atoms with Gasteiger partial charge in [-0.2, -0.15) is 0 Å². The molecule has 0 heterocycles. The van der Waals surface area contributed by atoms with Gasteiger partial charge in [0.1, 0.15) is 0 Å². The maximum absolute atomic E-state index is 4.00. The fourth-order valence-corrected chi connectivity index (χ4v) is 8.23. The summed E-state index contributed by atoms with van der Waals surface area (Å²) in [5, 5.41) is 6.62. The molecule has 196 valence electrons. The molecule has 0 atom stereocenters. The molecule has 0 amide bonds. The Morgan fingerprint density at radius 3 is 1.90 bits per heavy atom. The Bertz CT molecular complexity index is 2120. The van der Waals surface area contributed by atoms with Crippen LogP contribution < -0.4 is 5.32 Å². The number of benzene rings is 6. The zero-order chi connectivity index (χ0) is 27.7. The van der Waals surface area contributed by atoms with Crippen molar-refractivity contribution in [1.29, 1.82) is 0 Å². The molecule has 0 aromatic heterocycles. The van der Waals surface area contributed by atoms with Crippen molar-refractivity contribution < 1.29 is 0 Å². The van der Waals surface area contributed by atoms with E-state index in [1.807, 2.05) is 0 Å². The lowest BCUT2D eigenvalue weighted by atomic mass is 9.79. The van der Waals surface area contributed by atoms with Gasteiger partial charge < -0.3 is 5.32 Å². The Balaban J connectivity index is 1.30. The normalized spacial score (nSPS) is 15.7. The van der Waals surface area contributed by atoms with Crippen LogP contribution in [0.15, 0.2) is 109 Å². The number of rotatable bonds is 2. The SMILES string of the molecule is CC1(C)c2ccccc2-c2ccc(Nc3c4cc5c(c3-c3c-4ccc4ccccc34)C(C)(C)c3ccccc3-5)cc21. The summed E-state index contributed by atoms with van der Waals surface area (Å²) in [6.45, 7) is 9.51. The van der Waals surface area contributed by atoms with E-state index < -0.39 is 0 Å². The molecule has 1 nitrogen and oxygen atoms in total. The largest absolute Gasteiger partial charge is 0.354 e. The number of anilines is 2. The molecule has 3 aliphatic carbocycles. The molecule has 6 aromatic carbocycles. The van der Waals surface area contributed by atoms with E-state index in [0.717, 1.165) is 5.69 Å². The predicted molar refractivity (Wildman–Crippen MR) is 173 cm³/mol. The Labute approximate surface area is 241 Å². The van der Waals surface area contributed by atoms with Gasteiger partial charge in [0.2, 0.25) is 0 Å². The summed E-state index contributed by atoms with van der Waals surface area (Å²) in [6, 6.07) is 40.8. The first-order chi connectivity index (χ1) is 19.9. The molecule has 3 aliphatic rings. The molecule has 0 aliphatic heterocycles. The summed E-state index contributed by atoms with van der Waals surface area (Å²) in [7, 11) is 0. The van der Waals surface area contributed by atoms with Crippen molar-refractivity contribution in [2.24, 2.45) is 0 Å². The summed E-state index contributed by atoms with van der Waals surface area (Å²) in [4.78, 5) is 0. The van der Waals surface area contributed by atoms with Crippen molar-refractivity contribution in [3.05, 3.63) is 131 Å². The molecular weight excluding hydrogens is 494 g/mol. The highest BCUT2D eigenvalue weighted by Crippen LogP contribution is 2.62. The highest BCUT2D eigenvalue weighted by molar-refractivity contribution is 6.18. The lowest BCUT2D eigenvalue weighted by Crippen LogP contribution is -2.16. The van der Waals surface area contributed by atoms with Gasteiger partial charge in [0.15, 0.2) is 0 Å². The molecule has 0 unspecified atom stereocenters. The highest BCUT2D eigenvalue weighted by Gasteiger charge is 2.43. The van der Waals surface area contributed by atoms with Crippen molar-refractivity contribution in [3.63, 3.8) is 0 Å². The zero-order valence-corrected chi connectivity index (χ0v) is 23.9. The quantitative estimate of drug-likeness (QED) is 0.237. The smallest absolute Gasteiger partial charge is 0.0547 e. The summed E-state index contributed by atoms with van der Waals surface area (Å²) in [5.74, 6) is 0. The van der Waals surface area contributed by atoms with E-state index in [1.54, 1.807) is 0 Å². The Hall–Kier alpha value is -4.62. The fraction of sp³-hybridized carbons (Fsp3) is 0.150. The van der Waals surface area contributed by atoms with E-state index in [-0.39, 0.29) is 10.8 Å². The molecule has 6 aromatic rings. The molecule has 1 N–H and O–H groups in total. The minimum absolute atomic E-state index is 0.0316. The van der Waals surface area contributed by atoms with Crippen LogP contribution in [0, 0.1) is 0 Å². The maximum Gasteiger partial charge on any atom is 0.0547 e. The van der Waals surface area contributed by atoms with Gasteiger partial charge in [-0.15, -0.1) is 0 Å². The van der Waals surface area contributed by atoms with Crippen LogP contribution in [0.4, 0.5) is 11.4 Å². The molecule has 0 saturated heterocycles. The molecule has 9 rings (SSSR count). The van der Waals surface area contributed by atoms with Crippen LogP contribution in [0.25, 0.3) is 55.3 Å². The lowest BCUT2D eigenvalue weighted by molar-refractivity contribution is 0.660. The van der Waals surface area contributed by atoms with Crippen LogP contribution in [0.2, 0.25) is 0 Å². The summed E-state index contributed by atoms with van der Waals surface area (Å²) in [6.07, 6.45) is 0. The van der Waals surface area contributed by atoms with Gasteiger partial charge in [-0.3, -0.25) is 0 Å². The van der Waals surface area contributed by atoms with Gasteiger partial charge in [-0.25, -0.2) is 0 Å². The fourth-order valence-electron chi connectivity index (χ4n) is 8.23. The van der Waals surface area contributed by atoms with E-state index in [0.29, 0.717) is 0 Å². The molecule has 0 radical (unpaired) electrons. The minimum Gasteiger partial charge on any atom is -0.354 e. The van der Waals surface area contributed by atoms with Crippen LogP contribution in [-0.4, -0.2) is 0 Å². The average molecular weight is 526 g/mol. The second-order valence-electron chi connectivity index (χ2n) is 13.0. The maximum atomic E-state index is 4.00. The highest BCUT2D eigenvalue weighted by atomic mass is 14.9. The van der Waals surface area contributed by atoms with E-state index in [4.69, 9.17) is 0 Å². The third-order valence-corrected chi connectivity index (χ3v) is 10.2. The molecule has 1 heteroatoms. The monoisotopic (exact) mass is 525 g/mol. The standard InChI is InChI=1S/C40H31N/c1-39(2)32-15-9-7-13-26(32)28-20-18-24(21-34(28)39)41-38-31-22-30-27-14-8-10-16-33(27)40(3,4)37(30)36(38)35-25-12-6-5-11-23(25)17-19-29(31)35/h5-22,41H,1-4H3. The number of hydrogen-bond donors (Lipinski definition) is 1. The van der Waals surface area contributed by atoms with Crippen LogP contribution in [-0.2, 0) is 10.8 Å². The average Bonchev–Trinajstić information content (AvgIpc) is 3.44. The topological polar surface area (TPSA) is 12.0 Å². The van der Waals surface area contributed by atoms with Crippen LogP contribution >= 0.6 is 0 Å². The summed E-state index contributed by atoms with van der Waals surface area (Å²) >= 11 is 0. The van der Waals surface area contributed by atoms with Crippen molar-refractivity contribution in [1.82, 2.24) is 0 Å². The minimum atomic E-state index is -0.101. The molecular formula is C40H31N. The van der Waals surface area contributed by atoms with E-state index in [9.17, 15) is 0 Å². The van der Waals surface area contributed by atoms with Crippen molar-refractivity contribution in [2.45, 2.75) is 38.5 Å². The van der Waals surface area contributed by atoms with Gasteiger partial charge in [0, 0.05) is 27.6 Å². The molecule has 2 bridgehead atoms. The number of fused-ring (bicyclic) bond motifs is 14. The summed E-state index contributed by atoms with van der Waals surface area (Å²) < 4.78 is 0. The van der Waals surface area contributed by atoms with Gasteiger partial charge in [0.05, 0.1) is 5.69 Å². The molecule has 0 saturated carbocycles. The first-order valence-electron chi connectivity index (χ1n) is 14.7. The third kappa shape index (κ3) is 2.81.